The van der Waals surface area contributed by atoms with Crippen molar-refractivity contribution < 1.29 is 40.2 Å². The number of alkyl halides is 5. The lowest BCUT2D eigenvalue weighted by atomic mass is 9.79. The van der Waals surface area contributed by atoms with Crippen molar-refractivity contribution in [2.24, 2.45) is 5.92 Å². The van der Waals surface area contributed by atoms with Crippen LogP contribution < -0.4 is 4.74 Å². The molecule has 0 aliphatic carbocycles. The minimum atomic E-state index is -4.70. The lowest BCUT2D eigenvalue weighted by Crippen LogP contribution is -2.46. The van der Waals surface area contributed by atoms with Crippen molar-refractivity contribution >= 4 is 0 Å². The van der Waals surface area contributed by atoms with Gasteiger partial charge in [0.15, 0.2) is 17.2 Å². The summed E-state index contributed by atoms with van der Waals surface area (Å²) < 4.78 is 100.0. The number of hydrogen-bond acceptors (Lipinski definition) is 2. The molecule has 0 radical (unpaired) electrons. The van der Waals surface area contributed by atoms with Crippen molar-refractivity contribution in [3.05, 3.63) is 29.3 Å². The van der Waals surface area contributed by atoms with E-state index in [2.05, 4.69) is 4.74 Å². The second-order valence-electron chi connectivity index (χ2n) is 5.47. The average molecular weight is 346 g/mol. The van der Waals surface area contributed by atoms with Crippen LogP contribution in [0.5, 0.6) is 5.75 Å². The van der Waals surface area contributed by atoms with E-state index in [4.69, 9.17) is 4.74 Å². The highest BCUT2D eigenvalue weighted by Crippen LogP contribution is 2.51. The van der Waals surface area contributed by atoms with Gasteiger partial charge in [-0.3, -0.25) is 0 Å². The molecule has 0 bridgehead atoms. The first-order chi connectivity index (χ1) is 10.5. The van der Waals surface area contributed by atoms with Gasteiger partial charge in [-0.25, -0.2) is 4.39 Å². The van der Waals surface area contributed by atoms with Crippen LogP contribution in [0.4, 0.5) is 30.7 Å². The van der Waals surface area contributed by atoms with E-state index in [0.29, 0.717) is 6.07 Å². The third kappa shape index (κ3) is 2.98. The molecule has 0 unspecified atom stereocenters. The zero-order chi connectivity index (χ0) is 17.6. The van der Waals surface area contributed by atoms with Crippen molar-refractivity contribution in [2.75, 3.05) is 6.61 Å². The van der Waals surface area contributed by atoms with E-state index in [1.165, 1.54) is 6.92 Å². The summed E-state index contributed by atoms with van der Waals surface area (Å²) in [7, 11) is 0. The molecule has 0 saturated carbocycles. The van der Waals surface area contributed by atoms with Gasteiger partial charge in [-0.1, -0.05) is 13.0 Å². The van der Waals surface area contributed by atoms with Gasteiger partial charge in [0.2, 0.25) is 5.82 Å². The number of halogens is 7. The SMILES string of the molecule is C[C@@H]1[C@H](c2ccc(F)c(F)c2OC(F)F)CO[C@]1(C)C(F)(F)F. The summed E-state index contributed by atoms with van der Waals surface area (Å²) in [5.41, 5.74) is -2.81. The molecule has 1 aliphatic rings. The minimum absolute atomic E-state index is 0.287. The van der Waals surface area contributed by atoms with Crippen molar-refractivity contribution in [1.29, 1.82) is 0 Å². The highest BCUT2D eigenvalue weighted by atomic mass is 19.4. The number of rotatable bonds is 3. The first kappa shape index (κ1) is 17.8. The number of ether oxygens (including phenoxy) is 2. The molecule has 130 valence electrons. The van der Waals surface area contributed by atoms with Gasteiger partial charge in [0, 0.05) is 17.4 Å². The molecule has 1 fully saturated rings. The van der Waals surface area contributed by atoms with Crippen LogP contribution in [0, 0.1) is 17.6 Å². The van der Waals surface area contributed by atoms with Crippen molar-refractivity contribution in [3.63, 3.8) is 0 Å². The van der Waals surface area contributed by atoms with Gasteiger partial charge < -0.3 is 9.47 Å². The highest BCUT2D eigenvalue weighted by molar-refractivity contribution is 5.40. The molecule has 0 N–H and O–H groups in total. The fourth-order valence-corrected chi connectivity index (χ4v) is 2.67. The van der Waals surface area contributed by atoms with Crippen LogP contribution in [0.2, 0.25) is 0 Å². The number of hydrogen-bond donors (Lipinski definition) is 0. The lowest BCUT2D eigenvalue weighted by Gasteiger charge is -2.32. The molecule has 1 saturated heterocycles. The topological polar surface area (TPSA) is 18.5 Å². The molecule has 1 aromatic carbocycles. The molecule has 1 aliphatic heterocycles. The number of benzene rings is 1. The lowest BCUT2D eigenvalue weighted by molar-refractivity contribution is -0.266. The van der Waals surface area contributed by atoms with E-state index in [0.717, 1.165) is 13.0 Å². The van der Waals surface area contributed by atoms with Gasteiger partial charge in [0.05, 0.1) is 6.61 Å². The predicted octanol–water partition coefficient (Wildman–Crippen LogP) is 4.64. The van der Waals surface area contributed by atoms with E-state index in [1.54, 1.807) is 0 Å². The molecule has 2 nitrogen and oxygen atoms in total. The standard InChI is InChI=1S/C14H13F7O2/c1-6-8(5-22-13(6,2)14(19,20)21)7-3-4-9(15)10(16)11(7)23-12(17)18/h3-4,6,8,12H,5H2,1-2H3/t6-,8-,13+/m1/s1. The molecule has 1 aromatic rings. The quantitative estimate of drug-likeness (QED) is 0.743. The van der Waals surface area contributed by atoms with Crippen LogP contribution in [0.3, 0.4) is 0 Å². The van der Waals surface area contributed by atoms with Crippen molar-refractivity contribution in [2.45, 2.75) is 38.2 Å². The predicted molar refractivity (Wildman–Crippen MR) is 65.3 cm³/mol. The minimum Gasteiger partial charge on any atom is -0.431 e. The maximum absolute atomic E-state index is 13.7. The second-order valence-corrected chi connectivity index (χ2v) is 5.47. The zero-order valence-electron chi connectivity index (χ0n) is 12.1. The van der Waals surface area contributed by atoms with Gasteiger partial charge in [-0.05, 0) is 13.0 Å². The van der Waals surface area contributed by atoms with Crippen LogP contribution in [-0.2, 0) is 4.74 Å². The first-order valence-corrected chi connectivity index (χ1v) is 6.62. The van der Waals surface area contributed by atoms with E-state index in [1.807, 2.05) is 0 Å². The van der Waals surface area contributed by atoms with Crippen molar-refractivity contribution in [1.82, 2.24) is 0 Å². The maximum Gasteiger partial charge on any atom is 0.417 e. The van der Waals surface area contributed by atoms with Gasteiger partial charge in [0.1, 0.15) is 0 Å². The van der Waals surface area contributed by atoms with E-state index in [-0.39, 0.29) is 5.56 Å². The summed E-state index contributed by atoms with van der Waals surface area (Å²) in [5, 5.41) is 0. The Labute approximate surface area is 127 Å². The van der Waals surface area contributed by atoms with Crippen LogP contribution in [0.15, 0.2) is 12.1 Å². The normalized spacial score (nSPS) is 28.4. The van der Waals surface area contributed by atoms with Gasteiger partial charge in [0.25, 0.3) is 0 Å². The molecule has 3 atom stereocenters. The average Bonchev–Trinajstić information content (AvgIpc) is 2.73. The fraction of sp³-hybridized carbons (Fsp3) is 0.571. The maximum atomic E-state index is 13.7. The summed E-state index contributed by atoms with van der Waals surface area (Å²) in [6.45, 7) is -1.90. The Hall–Kier alpha value is -1.51. The Morgan fingerprint density at radius 2 is 1.87 bits per heavy atom. The molecular formula is C14H13F7O2. The zero-order valence-corrected chi connectivity index (χ0v) is 12.1. The Morgan fingerprint density at radius 3 is 2.35 bits per heavy atom. The molecule has 0 amide bonds. The van der Waals surface area contributed by atoms with Gasteiger partial charge >= 0.3 is 12.8 Å². The Morgan fingerprint density at radius 1 is 1.26 bits per heavy atom. The second kappa shape index (κ2) is 5.85. The first-order valence-electron chi connectivity index (χ1n) is 6.62. The van der Waals surface area contributed by atoms with Gasteiger partial charge in [-0.2, -0.15) is 26.3 Å². The van der Waals surface area contributed by atoms with Crippen molar-refractivity contribution in [3.8, 4) is 5.75 Å². The third-order valence-corrected chi connectivity index (χ3v) is 4.28. The molecule has 23 heavy (non-hydrogen) atoms. The summed E-state index contributed by atoms with van der Waals surface area (Å²) in [4.78, 5) is 0. The highest BCUT2D eigenvalue weighted by Gasteiger charge is 2.61. The largest absolute Gasteiger partial charge is 0.431 e. The Bertz CT molecular complexity index is 587. The molecule has 1 heterocycles. The summed E-state index contributed by atoms with van der Waals surface area (Å²) in [5.74, 6) is -6.49. The third-order valence-electron chi connectivity index (χ3n) is 4.28. The molecule has 2 rings (SSSR count). The van der Waals surface area contributed by atoms with E-state index >= 15 is 0 Å². The van der Waals surface area contributed by atoms with E-state index < -0.39 is 54.2 Å². The summed E-state index contributed by atoms with van der Waals surface area (Å²) in [6.07, 6.45) is -4.70. The molecular weight excluding hydrogens is 333 g/mol. The van der Waals surface area contributed by atoms with Crippen LogP contribution in [0.1, 0.15) is 25.3 Å². The van der Waals surface area contributed by atoms with Gasteiger partial charge in [-0.15, -0.1) is 0 Å². The van der Waals surface area contributed by atoms with Crippen LogP contribution >= 0.6 is 0 Å². The van der Waals surface area contributed by atoms with Crippen LogP contribution in [0.25, 0.3) is 0 Å². The fourth-order valence-electron chi connectivity index (χ4n) is 2.67. The Kier molecular flexibility index (Phi) is 4.53. The monoisotopic (exact) mass is 346 g/mol. The van der Waals surface area contributed by atoms with Crippen LogP contribution in [-0.4, -0.2) is 25.0 Å². The molecule has 0 aromatic heterocycles. The molecule has 9 heteroatoms. The Balaban J connectivity index is 2.46. The van der Waals surface area contributed by atoms with E-state index in [9.17, 15) is 30.7 Å². The molecule has 0 spiro atoms. The summed E-state index contributed by atoms with van der Waals surface area (Å²) in [6, 6.07) is 1.59. The summed E-state index contributed by atoms with van der Waals surface area (Å²) >= 11 is 0. The smallest absolute Gasteiger partial charge is 0.417 e.